The molecule has 7 N–H and O–H groups in total. The van der Waals surface area contributed by atoms with Crippen molar-refractivity contribution in [2.75, 3.05) is 13.7 Å². The van der Waals surface area contributed by atoms with E-state index in [2.05, 4.69) is 0 Å². The number of hydrogen-bond donors (Lipinski definition) is 7. The predicted molar refractivity (Wildman–Crippen MR) is 139 cm³/mol. The van der Waals surface area contributed by atoms with E-state index in [9.17, 15) is 40.5 Å². The number of carbonyl (C=O) groups excluding carboxylic acids is 1. The number of rotatable bonds is 7. The number of aliphatic hydroxyl groups is 6. The first-order valence-electron chi connectivity index (χ1n) is 13.4. The average molecular weight is 595 g/mol. The van der Waals surface area contributed by atoms with E-state index >= 15 is 0 Å². The van der Waals surface area contributed by atoms with Crippen molar-refractivity contribution in [3.63, 3.8) is 0 Å². The molecule has 2 fully saturated rings. The molecular formula is C28H34O14. The molecule has 11 atom stereocenters. The van der Waals surface area contributed by atoms with Crippen LogP contribution in [0.1, 0.15) is 35.4 Å². The summed E-state index contributed by atoms with van der Waals surface area (Å²) in [5, 5.41) is 72.3. The number of phenolic OH excluding ortho intramolecular Hbond substituents is 1. The molecule has 14 heteroatoms. The summed E-state index contributed by atoms with van der Waals surface area (Å²) in [6.45, 7) is 0.733. The third-order valence-electron chi connectivity index (χ3n) is 7.64. The van der Waals surface area contributed by atoms with E-state index in [4.69, 9.17) is 28.4 Å². The van der Waals surface area contributed by atoms with Gasteiger partial charge in [0.1, 0.15) is 71.3 Å². The summed E-state index contributed by atoms with van der Waals surface area (Å²) in [6.07, 6.45) is -15.8. The molecule has 14 nitrogen and oxygen atoms in total. The Bertz CT molecular complexity index is 1250. The number of ketones is 1. The number of fused-ring (bicyclic) bond motifs is 1. The van der Waals surface area contributed by atoms with Crippen LogP contribution in [-0.2, 0) is 14.2 Å². The topological polar surface area (TPSA) is 214 Å². The highest BCUT2D eigenvalue weighted by atomic mass is 16.8. The smallest absolute Gasteiger partial charge is 0.229 e. The molecule has 11 unspecified atom stereocenters. The maximum atomic E-state index is 12.9. The highest BCUT2D eigenvalue weighted by Crippen LogP contribution is 2.43. The second-order valence-corrected chi connectivity index (χ2v) is 10.4. The summed E-state index contributed by atoms with van der Waals surface area (Å²) < 4.78 is 33.9. The Morgan fingerprint density at radius 3 is 2.26 bits per heavy atom. The molecule has 3 aliphatic rings. The van der Waals surface area contributed by atoms with Gasteiger partial charge in [-0.1, -0.05) is 12.1 Å². The number of hydrogen-bond acceptors (Lipinski definition) is 14. The number of aromatic hydroxyl groups is 1. The van der Waals surface area contributed by atoms with Gasteiger partial charge in [-0.15, -0.1) is 0 Å². The van der Waals surface area contributed by atoms with Crippen molar-refractivity contribution in [2.45, 2.75) is 80.9 Å². The monoisotopic (exact) mass is 594 g/mol. The van der Waals surface area contributed by atoms with Gasteiger partial charge < -0.3 is 64.2 Å². The van der Waals surface area contributed by atoms with Crippen molar-refractivity contribution in [3.8, 4) is 23.0 Å². The van der Waals surface area contributed by atoms with Gasteiger partial charge in [-0.2, -0.15) is 0 Å². The quantitative estimate of drug-likeness (QED) is 0.208. The lowest BCUT2D eigenvalue weighted by atomic mass is 9.95. The van der Waals surface area contributed by atoms with E-state index in [1.165, 1.54) is 20.1 Å². The minimum Gasteiger partial charge on any atom is -0.507 e. The van der Waals surface area contributed by atoms with Gasteiger partial charge in [0.15, 0.2) is 18.2 Å². The van der Waals surface area contributed by atoms with Gasteiger partial charge in [-0.25, -0.2) is 0 Å². The van der Waals surface area contributed by atoms with Crippen LogP contribution in [0.2, 0.25) is 0 Å². The van der Waals surface area contributed by atoms with Crippen LogP contribution in [0, 0.1) is 0 Å². The largest absolute Gasteiger partial charge is 0.507 e. The minimum absolute atomic E-state index is 0.0200. The number of benzene rings is 2. The Morgan fingerprint density at radius 2 is 1.60 bits per heavy atom. The summed E-state index contributed by atoms with van der Waals surface area (Å²) in [6, 6.07) is 9.42. The molecule has 2 saturated heterocycles. The number of phenols is 1. The lowest BCUT2D eigenvalue weighted by molar-refractivity contribution is -0.354. The summed E-state index contributed by atoms with van der Waals surface area (Å²) in [5.41, 5.74) is 0.647. The molecule has 0 aromatic heterocycles. The second-order valence-electron chi connectivity index (χ2n) is 10.4. The first kappa shape index (κ1) is 30.4. The zero-order chi connectivity index (χ0) is 30.3. The molecule has 0 radical (unpaired) electrons. The lowest BCUT2D eigenvalue weighted by Crippen LogP contribution is -2.64. The Balaban J connectivity index is 1.40. The van der Waals surface area contributed by atoms with Gasteiger partial charge in [0, 0.05) is 12.1 Å². The average Bonchev–Trinajstić information content (AvgIpc) is 2.97. The number of methoxy groups -OCH3 is 1. The van der Waals surface area contributed by atoms with E-state index in [1.54, 1.807) is 24.3 Å². The maximum absolute atomic E-state index is 12.9. The standard InChI is InChI=1S/C28H34O14/c1-11-21(32)23(34)25(36)27(38-11)42-26-24(35)22(33)19(10-29)41-28(26)39-14-7-15(30)20-16(31)9-17(40-18(20)8-14)12-3-5-13(37-2)6-4-12/h3-8,11,17,19,21-30,32-36H,9-10H2,1-2H3. The van der Waals surface area contributed by atoms with Crippen LogP contribution in [0.3, 0.4) is 0 Å². The molecule has 0 spiro atoms. The van der Waals surface area contributed by atoms with Crippen molar-refractivity contribution in [1.29, 1.82) is 0 Å². The third-order valence-corrected chi connectivity index (χ3v) is 7.64. The van der Waals surface area contributed by atoms with Crippen molar-refractivity contribution in [1.82, 2.24) is 0 Å². The molecule has 2 aromatic carbocycles. The van der Waals surface area contributed by atoms with E-state index in [0.29, 0.717) is 11.3 Å². The zero-order valence-corrected chi connectivity index (χ0v) is 22.7. The van der Waals surface area contributed by atoms with Gasteiger partial charge in [-0.05, 0) is 24.6 Å². The fourth-order valence-electron chi connectivity index (χ4n) is 5.20. The predicted octanol–water partition coefficient (Wildman–Crippen LogP) is -0.862. The molecular weight excluding hydrogens is 560 g/mol. The molecule has 3 aliphatic heterocycles. The summed E-state index contributed by atoms with van der Waals surface area (Å²) in [5.74, 6) is -0.244. The molecule has 3 heterocycles. The molecule has 230 valence electrons. The summed E-state index contributed by atoms with van der Waals surface area (Å²) in [7, 11) is 1.53. The Morgan fingerprint density at radius 1 is 0.881 bits per heavy atom. The lowest BCUT2D eigenvalue weighted by Gasteiger charge is -2.45. The van der Waals surface area contributed by atoms with Crippen molar-refractivity contribution in [2.24, 2.45) is 0 Å². The molecule has 5 rings (SSSR count). The van der Waals surface area contributed by atoms with E-state index in [0.717, 1.165) is 6.07 Å². The molecule has 0 bridgehead atoms. The molecule has 42 heavy (non-hydrogen) atoms. The van der Waals surface area contributed by atoms with E-state index in [-0.39, 0.29) is 29.3 Å². The van der Waals surface area contributed by atoms with Gasteiger partial charge in [0.2, 0.25) is 6.29 Å². The van der Waals surface area contributed by atoms with Gasteiger partial charge >= 0.3 is 0 Å². The highest BCUT2D eigenvalue weighted by Gasteiger charge is 2.51. The van der Waals surface area contributed by atoms with Crippen LogP contribution in [0.5, 0.6) is 23.0 Å². The minimum atomic E-state index is -1.74. The number of carbonyl (C=O) groups is 1. The van der Waals surface area contributed by atoms with Crippen LogP contribution >= 0.6 is 0 Å². The number of aliphatic hydroxyl groups excluding tert-OH is 6. The molecule has 0 amide bonds. The Labute approximate surface area is 240 Å². The van der Waals surface area contributed by atoms with E-state index in [1.807, 2.05) is 0 Å². The van der Waals surface area contributed by atoms with Crippen LogP contribution in [-0.4, -0.2) is 117 Å². The van der Waals surface area contributed by atoms with Crippen LogP contribution in [0.25, 0.3) is 0 Å². The van der Waals surface area contributed by atoms with Gasteiger partial charge in [0.25, 0.3) is 0 Å². The van der Waals surface area contributed by atoms with Crippen molar-refractivity contribution < 1.29 is 69.0 Å². The number of Topliss-reactive ketones (excluding diaryl/α,β-unsaturated/α-hetero) is 1. The molecule has 2 aromatic rings. The first-order chi connectivity index (χ1) is 20.0. The van der Waals surface area contributed by atoms with Crippen LogP contribution in [0.4, 0.5) is 0 Å². The SMILES string of the molecule is COc1ccc(C2CC(=O)c3c(O)cc(OC4OC(CO)C(O)C(O)C4OC4OC(C)C(O)C(O)C4O)cc3O2)cc1. The van der Waals surface area contributed by atoms with Crippen molar-refractivity contribution >= 4 is 5.78 Å². The third kappa shape index (κ3) is 5.77. The van der Waals surface area contributed by atoms with Crippen LogP contribution < -0.4 is 14.2 Å². The highest BCUT2D eigenvalue weighted by molar-refractivity contribution is 6.02. The Hall–Kier alpha value is -3.05. The van der Waals surface area contributed by atoms with E-state index < -0.39 is 79.9 Å². The fraction of sp³-hybridized carbons (Fsp3) is 0.536. The second kappa shape index (κ2) is 12.3. The Kier molecular flexibility index (Phi) is 8.89. The van der Waals surface area contributed by atoms with Crippen molar-refractivity contribution in [3.05, 3.63) is 47.5 Å². The summed E-state index contributed by atoms with van der Waals surface area (Å²) >= 11 is 0. The summed E-state index contributed by atoms with van der Waals surface area (Å²) in [4.78, 5) is 12.9. The normalized spacial score (nSPS) is 36.6. The molecule has 0 aliphatic carbocycles. The van der Waals surface area contributed by atoms with Gasteiger partial charge in [-0.3, -0.25) is 4.79 Å². The first-order valence-corrected chi connectivity index (χ1v) is 13.4. The fourth-order valence-corrected chi connectivity index (χ4v) is 5.20. The molecule has 0 saturated carbocycles. The zero-order valence-electron chi connectivity index (χ0n) is 22.7. The number of ether oxygens (including phenoxy) is 6. The van der Waals surface area contributed by atoms with Crippen LogP contribution in [0.15, 0.2) is 36.4 Å². The van der Waals surface area contributed by atoms with Gasteiger partial charge in [0.05, 0.1) is 26.2 Å². The maximum Gasteiger partial charge on any atom is 0.229 e.